The molecule has 0 aromatic heterocycles. The maximum atomic E-state index is 11.5. The number of carbonyl (C=O) groups is 1. The molecule has 2 aliphatic heterocycles. The van der Waals surface area contributed by atoms with E-state index in [-0.39, 0.29) is 5.92 Å². The molecule has 0 spiro atoms. The first-order chi connectivity index (χ1) is 7.18. The van der Waals surface area contributed by atoms with Crippen molar-refractivity contribution in [1.82, 2.24) is 4.90 Å². The Balaban J connectivity index is 1.95. The van der Waals surface area contributed by atoms with Gasteiger partial charge in [-0.15, -0.1) is 0 Å². The predicted octanol–water partition coefficient (Wildman–Crippen LogP) is 1.32. The molecule has 0 bridgehead atoms. The number of ketones is 1. The number of ether oxygens (including phenoxy) is 1. The number of hydrogen-bond donors (Lipinski definition) is 0. The number of carbonyl (C=O) groups excluding carboxylic acids is 1. The first kappa shape index (κ1) is 11.1. The van der Waals surface area contributed by atoms with Crippen molar-refractivity contribution in [2.24, 2.45) is 11.8 Å². The third-order valence-electron chi connectivity index (χ3n) is 3.77. The van der Waals surface area contributed by atoms with Crippen LogP contribution in [0.15, 0.2) is 0 Å². The molecule has 0 radical (unpaired) electrons. The highest BCUT2D eigenvalue weighted by molar-refractivity contribution is 5.81. The molecule has 3 heteroatoms. The van der Waals surface area contributed by atoms with Crippen LogP contribution in [0.3, 0.4) is 0 Å². The van der Waals surface area contributed by atoms with Crippen LogP contribution in [0.4, 0.5) is 0 Å². The lowest BCUT2D eigenvalue weighted by Crippen LogP contribution is -2.50. The van der Waals surface area contributed by atoms with Crippen molar-refractivity contribution in [3.63, 3.8) is 0 Å². The highest BCUT2D eigenvalue weighted by Crippen LogP contribution is 2.24. The van der Waals surface area contributed by atoms with Gasteiger partial charge in [-0.3, -0.25) is 9.69 Å². The molecule has 0 saturated carbocycles. The Bertz CT molecular complexity index is 242. The topological polar surface area (TPSA) is 29.5 Å². The Morgan fingerprint density at radius 1 is 1.40 bits per heavy atom. The van der Waals surface area contributed by atoms with Gasteiger partial charge in [-0.2, -0.15) is 0 Å². The molecule has 2 heterocycles. The Kier molecular flexibility index (Phi) is 3.42. The monoisotopic (exact) mass is 211 g/mol. The van der Waals surface area contributed by atoms with Crippen LogP contribution in [-0.2, 0) is 9.53 Å². The number of rotatable bonds is 1. The van der Waals surface area contributed by atoms with Crippen LogP contribution in [0.5, 0.6) is 0 Å². The molecule has 2 rings (SSSR count). The number of Topliss-reactive ketones (excluding diaryl/α,β-unsaturated/α-hetero) is 1. The van der Waals surface area contributed by atoms with Gasteiger partial charge in [-0.1, -0.05) is 13.8 Å². The summed E-state index contributed by atoms with van der Waals surface area (Å²) >= 11 is 0. The highest BCUT2D eigenvalue weighted by atomic mass is 16.5. The van der Waals surface area contributed by atoms with E-state index in [9.17, 15) is 4.79 Å². The van der Waals surface area contributed by atoms with Crippen LogP contribution in [0.1, 0.15) is 26.7 Å². The fourth-order valence-electron chi connectivity index (χ4n) is 2.76. The molecule has 3 nitrogen and oxygen atoms in total. The minimum atomic E-state index is 0.230. The number of likely N-dealkylation sites (tertiary alicyclic amines) is 1. The quantitative estimate of drug-likeness (QED) is 0.655. The second kappa shape index (κ2) is 4.62. The summed E-state index contributed by atoms with van der Waals surface area (Å²) in [7, 11) is 0. The van der Waals surface area contributed by atoms with Gasteiger partial charge in [0.2, 0.25) is 0 Å². The van der Waals surface area contributed by atoms with Crippen LogP contribution < -0.4 is 0 Å². The van der Waals surface area contributed by atoms with Crippen molar-refractivity contribution >= 4 is 5.78 Å². The van der Waals surface area contributed by atoms with Gasteiger partial charge in [0.1, 0.15) is 5.78 Å². The highest BCUT2D eigenvalue weighted by Gasteiger charge is 2.32. The maximum Gasteiger partial charge on any atom is 0.138 e. The fraction of sp³-hybridized carbons (Fsp3) is 0.917. The molecule has 0 amide bonds. The van der Waals surface area contributed by atoms with Crippen molar-refractivity contribution in [1.29, 1.82) is 0 Å². The molecule has 2 aliphatic rings. The van der Waals surface area contributed by atoms with Crippen LogP contribution in [0.2, 0.25) is 0 Å². The third-order valence-corrected chi connectivity index (χ3v) is 3.77. The van der Waals surface area contributed by atoms with Gasteiger partial charge in [-0.25, -0.2) is 0 Å². The lowest BCUT2D eigenvalue weighted by atomic mass is 9.91. The lowest BCUT2D eigenvalue weighted by Gasteiger charge is -2.41. The van der Waals surface area contributed by atoms with E-state index >= 15 is 0 Å². The Morgan fingerprint density at radius 3 is 2.87 bits per heavy atom. The second-order valence-corrected chi connectivity index (χ2v) is 5.02. The standard InChI is InChI=1S/C12H21NO2/c1-9-7-13(5-3-12(9)14)11-4-6-15-8-10(11)2/h9-11H,3-8H2,1-2H3. The van der Waals surface area contributed by atoms with Crippen molar-refractivity contribution in [3.8, 4) is 0 Å². The van der Waals surface area contributed by atoms with Crippen molar-refractivity contribution in [2.75, 3.05) is 26.3 Å². The van der Waals surface area contributed by atoms with E-state index in [0.29, 0.717) is 17.7 Å². The van der Waals surface area contributed by atoms with Crippen LogP contribution in [0.25, 0.3) is 0 Å². The summed E-state index contributed by atoms with van der Waals surface area (Å²) in [6.07, 6.45) is 1.87. The van der Waals surface area contributed by atoms with Crippen LogP contribution in [0, 0.1) is 11.8 Å². The average Bonchev–Trinajstić information content (AvgIpc) is 2.23. The van der Waals surface area contributed by atoms with Gasteiger partial charge in [0.05, 0.1) is 6.61 Å². The summed E-state index contributed by atoms with van der Waals surface area (Å²) < 4.78 is 5.46. The van der Waals surface area contributed by atoms with E-state index in [1.807, 2.05) is 0 Å². The molecular weight excluding hydrogens is 190 g/mol. The number of nitrogens with zero attached hydrogens (tertiary/aromatic N) is 1. The summed E-state index contributed by atoms with van der Waals surface area (Å²) in [6, 6.07) is 0.634. The van der Waals surface area contributed by atoms with Crippen molar-refractivity contribution in [2.45, 2.75) is 32.7 Å². The molecule has 2 fully saturated rings. The Hall–Kier alpha value is -0.410. The van der Waals surface area contributed by atoms with E-state index < -0.39 is 0 Å². The van der Waals surface area contributed by atoms with Crippen LogP contribution >= 0.6 is 0 Å². The van der Waals surface area contributed by atoms with E-state index in [0.717, 1.165) is 39.1 Å². The zero-order valence-corrected chi connectivity index (χ0v) is 9.74. The summed E-state index contributed by atoms with van der Waals surface area (Å²) in [5.74, 6) is 1.28. The molecular formula is C12H21NO2. The first-order valence-electron chi connectivity index (χ1n) is 6.03. The third kappa shape index (κ3) is 2.40. The zero-order chi connectivity index (χ0) is 10.8. The Labute approximate surface area is 91.8 Å². The molecule has 0 N–H and O–H groups in total. The van der Waals surface area contributed by atoms with E-state index in [1.54, 1.807) is 0 Å². The minimum Gasteiger partial charge on any atom is -0.381 e. The smallest absolute Gasteiger partial charge is 0.138 e. The van der Waals surface area contributed by atoms with Crippen LogP contribution in [-0.4, -0.2) is 43.0 Å². The second-order valence-electron chi connectivity index (χ2n) is 5.02. The van der Waals surface area contributed by atoms with Gasteiger partial charge in [0, 0.05) is 38.1 Å². The van der Waals surface area contributed by atoms with Gasteiger partial charge < -0.3 is 4.74 Å². The average molecular weight is 211 g/mol. The van der Waals surface area contributed by atoms with Crippen molar-refractivity contribution < 1.29 is 9.53 Å². The largest absolute Gasteiger partial charge is 0.381 e. The fourth-order valence-corrected chi connectivity index (χ4v) is 2.76. The molecule has 3 unspecified atom stereocenters. The van der Waals surface area contributed by atoms with Gasteiger partial charge in [0.25, 0.3) is 0 Å². The molecule has 0 aromatic carbocycles. The van der Waals surface area contributed by atoms with Gasteiger partial charge >= 0.3 is 0 Å². The van der Waals surface area contributed by atoms with Gasteiger partial charge in [-0.05, 0) is 12.3 Å². The number of piperidine rings is 1. The minimum absolute atomic E-state index is 0.230. The SMILES string of the molecule is CC1CN(C2CCOCC2C)CCC1=O. The molecule has 2 saturated heterocycles. The molecule has 86 valence electrons. The molecule has 15 heavy (non-hydrogen) atoms. The Morgan fingerprint density at radius 2 is 2.20 bits per heavy atom. The molecule has 0 aliphatic carbocycles. The summed E-state index contributed by atoms with van der Waals surface area (Å²) in [5.41, 5.74) is 0. The summed E-state index contributed by atoms with van der Waals surface area (Å²) in [4.78, 5) is 14.0. The van der Waals surface area contributed by atoms with E-state index in [1.165, 1.54) is 0 Å². The lowest BCUT2D eigenvalue weighted by molar-refractivity contribution is -0.127. The van der Waals surface area contributed by atoms with Crippen molar-refractivity contribution in [3.05, 3.63) is 0 Å². The summed E-state index contributed by atoms with van der Waals surface area (Å²) in [5, 5.41) is 0. The maximum absolute atomic E-state index is 11.5. The van der Waals surface area contributed by atoms with E-state index in [4.69, 9.17) is 4.74 Å². The predicted molar refractivity (Wildman–Crippen MR) is 58.7 cm³/mol. The zero-order valence-electron chi connectivity index (χ0n) is 9.74. The summed E-state index contributed by atoms with van der Waals surface area (Å²) in [6.45, 7) is 7.98. The molecule has 3 atom stereocenters. The van der Waals surface area contributed by atoms with Gasteiger partial charge in [0.15, 0.2) is 0 Å². The first-order valence-corrected chi connectivity index (χ1v) is 6.03. The van der Waals surface area contributed by atoms with E-state index in [2.05, 4.69) is 18.7 Å². The normalized spacial score (nSPS) is 39.3. The number of hydrogen-bond acceptors (Lipinski definition) is 3. The molecule has 0 aromatic rings.